The average Bonchev–Trinajstić information content (AvgIpc) is 2.94. The molecule has 2 aromatic carbocycles. The van der Waals surface area contributed by atoms with Gasteiger partial charge in [-0.15, -0.1) is 13.2 Å². The maximum atomic E-state index is 13.2. The SMILES string of the molecule is C=CCc1ccc(OC(=O)C[C@H](OC(=O)c2cccnc2)C(=O)Oc2ccc(CC=C)cc2OC)c(OC)c1. The molecule has 0 fully saturated rings. The number of pyridine rings is 1. The second-order valence-electron chi connectivity index (χ2n) is 8.19. The third-order valence-electron chi connectivity index (χ3n) is 5.41. The Hall–Kier alpha value is -4.92. The van der Waals surface area contributed by atoms with E-state index >= 15 is 0 Å². The van der Waals surface area contributed by atoms with E-state index in [4.69, 9.17) is 23.7 Å². The lowest BCUT2D eigenvalue weighted by Crippen LogP contribution is -2.34. The molecule has 0 aliphatic carbocycles. The molecule has 0 N–H and O–H groups in total. The van der Waals surface area contributed by atoms with Crippen molar-refractivity contribution in [3.63, 3.8) is 0 Å². The zero-order valence-corrected chi connectivity index (χ0v) is 21.8. The first-order valence-electron chi connectivity index (χ1n) is 12.0. The third kappa shape index (κ3) is 8.03. The number of carbonyl (C=O) groups excluding carboxylic acids is 3. The highest BCUT2D eigenvalue weighted by Gasteiger charge is 2.31. The minimum Gasteiger partial charge on any atom is -0.493 e. The first-order valence-corrected chi connectivity index (χ1v) is 12.0. The van der Waals surface area contributed by atoms with Gasteiger partial charge >= 0.3 is 17.9 Å². The van der Waals surface area contributed by atoms with Crippen LogP contribution in [0, 0.1) is 0 Å². The van der Waals surface area contributed by atoms with Crippen LogP contribution in [0.3, 0.4) is 0 Å². The predicted octanol–water partition coefficient (Wildman–Crippen LogP) is 4.68. The molecule has 0 aliphatic heterocycles. The van der Waals surface area contributed by atoms with E-state index in [9.17, 15) is 14.4 Å². The first-order chi connectivity index (χ1) is 18.9. The minimum atomic E-state index is -1.63. The molecule has 0 bridgehead atoms. The number of esters is 3. The molecule has 0 amide bonds. The second-order valence-corrected chi connectivity index (χ2v) is 8.19. The van der Waals surface area contributed by atoms with Crippen LogP contribution in [0.2, 0.25) is 0 Å². The molecule has 0 radical (unpaired) electrons. The molecule has 9 heteroatoms. The summed E-state index contributed by atoms with van der Waals surface area (Å²) in [6, 6.07) is 13.0. The maximum Gasteiger partial charge on any atom is 0.353 e. The summed E-state index contributed by atoms with van der Waals surface area (Å²) in [4.78, 5) is 42.6. The number of hydrogen-bond donors (Lipinski definition) is 0. The highest BCUT2D eigenvalue weighted by molar-refractivity contribution is 5.92. The lowest BCUT2D eigenvalue weighted by Gasteiger charge is -2.18. The van der Waals surface area contributed by atoms with Crippen LogP contribution in [-0.4, -0.2) is 43.2 Å². The van der Waals surface area contributed by atoms with Crippen LogP contribution in [-0.2, 0) is 27.2 Å². The number of aromatic nitrogens is 1. The van der Waals surface area contributed by atoms with Crippen LogP contribution in [0.15, 0.2) is 86.2 Å². The molecular formula is C30H29NO8. The minimum absolute atomic E-state index is 0.0885. The summed E-state index contributed by atoms with van der Waals surface area (Å²) in [5.74, 6) is -1.87. The number of nitrogens with zero attached hydrogens (tertiary/aromatic N) is 1. The lowest BCUT2D eigenvalue weighted by molar-refractivity contribution is -0.150. The van der Waals surface area contributed by atoms with Gasteiger partial charge in [-0.25, -0.2) is 9.59 Å². The van der Waals surface area contributed by atoms with Gasteiger partial charge < -0.3 is 23.7 Å². The molecule has 1 atom stereocenters. The fourth-order valence-corrected chi connectivity index (χ4v) is 3.52. The van der Waals surface area contributed by atoms with E-state index < -0.39 is 30.4 Å². The van der Waals surface area contributed by atoms with Gasteiger partial charge in [0.1, 0.15) is 0 Å². The van der Waals surface area contributed by atoms with Crippen LogP contribution >= 0.6 is 0 Å². The van der Waals surface area contributed by atoms with Gasteiger partial charge in [-0.2, -0.15) is 0 Å². The molecule has 3 rings (SSSR count). The van der Waals surface area contributed by atoms with Crippen molar-refractivity contribution in [3.8, 4) is 23.0 Å². The van der Waals surface area contributed by atoms with Crippen molar-refractivity contribution >= 4 is 17.9 Å². The quantitative estimate of drug-likeness (QED) is 0.176. The van der Waals surface area contributed by atoms with Gasteiger partial charge in [-0.1, -0.05) is 24.3 Å². The summed E-state index contributed by atoms with van der Waals surface area (Å²) >= 11 is 0. The Labute approximate surface area is 226 Å². The molecule has 0 unspecified atom stereocenters. The molecule has 9 nitrogen and oxygen atoms in total. The first kappa shape index (κ1) is 28.6. The fourth-order valence-electron chi connectivity index (χ4n) is 3.52. The van der Waals surface area contributed by atoms with E-state index in [0.29, 0.717) is 18.6 Å². The maximum absolute atomic E-state index is 13.2. The number of hydrogen-bond acceptors (Lipinski definition) is 9. The Bertz CT molecular complexity index is 1340. The summed E-state index contributed by atoms with van der Waals surface area (Å²) in [6.07, 6.45) is 5.14. The number of carbonyl (C=O) groups is 3. The van der Waals surface area contributed by atoms with Crippen molar-refractivity contribution in [1.82, 2.24) is 4.98 Å². The summed E-state index contributed by atoms with van der Waals surface area (Å²) in [5, 5.41) is 0. The molecule has 1 heterocycles. The van der Waals surface area contributed by atoms with Gasteiger partial charge in [0.15, 0.2) is 23.0 Å². The molecule has 202 valence electrons. The van der Waals surface area contributed by atoms with Crippen molar-refractivity contribution in [1.29, 1.82) is 0 Å². The van der Waals surface area contributed by atoms with Crippen molar-refractivity contribution in [2.75, 3.05) is 14.2 Å². The van der Waals surface area contributed by atoms with E-state index in [2.05, 4.69) is 18.1 Å². The zero-order valence-electron chi connectivity index (χ0n) is 21.8. The monoisotopic (exact) mass is 531 g/mol. The molecule has 3 aromatic rings. The Morgan fingerprint density at radius 3 is 1.95 bits per heavy atom. The number of rotatable bonds is 13. The normalized spacial score (nSPS) is 11.0. The largest absolute Gasteiger partial charge is 0.493 e. The van der Waals surface area contributed by atoms with Gasteiger partial charge in [0.05, 0.1) is 26.2 Å². The third-order valence-corrected chi connectivity index (χ3v) is 5.41. The van der Waals surface area contributed by atoms with E-state index in [1.165, 1.54) is 38.7 Å². The molecular weight excluding hydrogens is 502 g/mol. The fraction of sp³-hybridized carbons (Fsp3) is 0.200. The highest BCUT2D eigenvalue weighted by Crippen LogP contribution is 2.30. The Morgan fingerprint density at radius 1 is 0.846 bits per heavy atom. The molecule has 0 saturated heterocycles. The Balaban J connectivity index is 1.82. The van der Waals surface area contributed by atoms with Crippen LogP contribution in [0.5, 0.6) is 23.0 Å². The van der Waals surface area contributed by atoms with Gasteiger partial charge in [-0.3, -0.25) is 9.78 Å². The number of benzene rings is 2. The molecule has 0 aliphatic rings. The van der Waals surface area contributed by atoms with E-state index in [-0.39, 0.29) is 22.8 Å². The molecule has 1 aromatic heterocycles. The molecule has 39 heavy (non-hydrogen) atoms. The zero-order chi connectivity index (χ0) is 28.2. The van der Waals surface area contributed by atoms with Gasteiger partial charge in [0, 0.05) is 12.4 Å². The van der Waals surface area contributed by atoms with Crippen molar-refractivity contribution in [2.24, 2.45) is 0 Å². The Morgan fingerprint density at radius 2 is 1.44 bits per heavy atom. The van der Waals surface area contributed by atoms with E-state index in [1.54, 1.807) is 48.6 Å². The lowest BCUT2D eigenvalue weighted by atomic mass is 10.1. The van der Waals surface area contributed by atoms with Crippen molar-refractivity contribution in [2.45, 2.75) is 25.4 Å². The van der Waals surface area contributed by atoms with Crippen LogP contribution in [0.25, 0.3) is 0 Å². The average molecular weight is 532 g/mol. The smallest absolute Gasteiger partial charge is 0.353 e. The van der Waals surface area contributed by atoms with Gasteiger partial charge in [0.2, 0.25) is 6.10 Å². The van der Waals surface area contributed by atoms with Crippen LogP contribution < -0.4 is 18.9 Å². The van der Waals surface area contributed by atoms with Gasteiger partial charge in [0.25, 0.3) is 0 Å². The number of ether oxygens (including phenoxy) is 5. The molecule has 0 saturated carbocycles. The Kier molecular flexibility index (Phi) is 10.4. The van der Waals surface area contributed by atoms with Crippen molar-refractivity contribution in [3.05, 3.63) is 103 Å². The summed E-state index contributed by atoms with van der Waals surface area (Å²) in [6.45, 7) is 7.41. The van der Waals surface area contributed by atoms with E-state index in [1.807, 2.05) is 0 Å². The van der Waals surface area contributed by atoms with Gasteiger partial charge in [-0.05, 0) is 60.4 Å². The van der Waals surface area contributed by atoms with E-state index in [0.717, 1.165) is 11.1 Å². The second kappa shape index (κ2) is 14.1. The standard InChI is InChI=1S/C30H29NO8/c1-5-8-20-11-13-23(25(16-20)35-3)37-28(32)18-27(39-29(33)22-10-7-15-31-19-22)30(34)38-24-14-12-21(9-6-2)17-26(24)36-4/h5-7,10-17,19,27H,1-2,8-9,18H2,3-4H3/t27-/m0/s1. The highest BCUT2D eigenvalue weighted by atomic mass is 16.6. The summed E-state index contributed by atoms with van der Waals surface area (Å²) in [5.41, 5.74) is 1.88. The number of allylic oxidation sites excluding steroid dienone is 2. The van der Waals surface area contributed by atoms with Crippen molar-refractivity contribution < 1.29 is 38.1 Å². The molecule has 0 spiro atoms. The van der Waals surface area contributed by atoms with Crippen LogP contribution in [0.1, 0.15) is 27.9 Å². The number of methoxy groups -OCH3 is 2. The topological polar surface area (TPSA) is 110 Å². The van der Waals surface area contributed by atoms with Crippen LogP contribution in [0.4, 0.5) is 0 Å². The summed E-state index contributed by atoms with van der Waals surface area (Å²) < 4.78 is 27.0. The summed E-state index contributed by atoms with van der Waals surface area (Å²) in [7, 11) is 2.86. The predicted molar refractivity (Wildman–Crippen MR) is 143 cm³/mol.